The van der Waals surface area contributed by atoms with E-state index in [0.29, 0.717) is 41.9 Å². The van der Waals surface area contributed by atoms with Gasteiger partial charge in [-0.15, -0.1) is 0 Å². The molecule has 2 bridgehead atoms. The summed E-state index contributed by atoms with van der Waals surface area (Å²) in [6.07, 6.45) is 2.72. The van der Waals surface area contributed by atoms with Gasteiger partial charge in [0, 0.05) is 54.3 Å². The second-order valence-electron chi connectivity index (χ2n) is 15.8. The number of rotatable bonds is 8. The van der Waals surface area contributed by atoms with Crippen LogP contribution in [0.5, 0.6) is 5.75 Å². The number of hydrogen-bond acceptors (Lipinski definition) is 7. The molecule has 0 spiro atoms. The zero-order valence-electron chi connectivity index (χ0n) is 32.2. The first kappa shape index (κ1) is 38.3. The Morgan fingerprint density at radius 2 is 1.77 bits per heavy atom. The maximum absolute atomic E-state index is 14.9. The lowest BCUT2D eigenvalue weighted by atomic mass is 9.81. The molecule has 0 radical (unpaired) electrons. The van der Waals surface area contributed by atoms with Crippen LogP contribution in [0.3, 0.4) is 0 Å². The van der Waals surface area contributed by atoms with Crippen molar-refractivity contribution in [3.63, 3.8) is 0 Å². The van der Waals surface area contributed by atoms with Crippen LogP contribution >= 0.6 is 0 Å². The molecular formula is C41H47F3N6O5S. The van der Waals surface area contributed by atoms with Crippen molar-refractivity contribution in [1.29, 1.82) is 0 Å². The number of aromatic nitrogens is 3. The van der Waals surface area contributed by atoms with E-state index in [0.717, 1.165) is 60.9 Å². The molecule has 2 saturated heterocycles. The maximum atomic E-state index is 14.9. The van der Waals surface area contributed by atoms with Crippen molar-refractivity contribution in [2.45, 2.75) is 95.3 Å². The summed E-state index contributed by atoms with van der Waals surface area (Å²) in [4.78, 5) is 31.9. The molecule has 2 atom stereocenters. The summed E-state index contributed by atoms with van der Waals surface area (Å²) in [5, 5.41) is 4.04. The average Bonchev–Trinajstić information content (AvgIpc) is 3.92. The van der Waals surface area contributed by atoms with E-state index in [1.54, 1.807) is 24.1 Å². The zero-order chi connectivity index (χ0) is 39.8. The molecule has 3 fully saturated rings. The highest BCUT2D eigenvalue weighted by Crippen LogP contribution is 2.49. The first-order chi connectivity index (χ1) is 26.6. The van der Waals surface area contributed by atoms with Crippen LogP contribution in [0.2, 0.25) is 0 Å². The topological polar surface area (TPSA) is 119 Å². The summed E-state index contributed by atoms with van der Waals surface area (Å²) in [5.74, 6) is -0.746. The monoisotopic (exact) mass is 792 g/mol. The van der Waals surface area contributed by atoms with E-state index in [2.05, 4.69) is 14.7 Å². The van der Waals surface area contributed by atoms with Gasteiger partial charge in [0.2, 0.25) is 10.0 Å². The second-order valence-corrected chi connectivity index (χ2v) is 18.1. The average molecular weight is 793 g/mol. The highest BCUT2D eigenvalue weighted by molar-refractivity contribution is 7.90. The summed E-state index contributed by atoms with van der Waals surface area (Å²) in [6, 6.07) is 10.7. The number of amides is 2. The number of carbonyl (C=O) groups is 2. The molecule has 3 aliphatic heterocycles. The first-order valence-electron chi connectivity index (χ1n) is 19.4. The Morgan fingerprint density at radius 1 is 1.02 bits per heavy atom. The Hall–Kier alpha value is -4.63. The van der Waals surface area contributed by atoms with Gasteiger partial charge in [-0.3, -0.25) is 19.2 Å². The molecule has 56 heavy (non-hydrogen) atoms. The van der Waals surface area contributed by atoms with Gasteiger partial charge in [0.1, 0.15) is 5.75 Å². The van der Waals surface area contributed by atoms with Gasteiger partial charge in [-0.05, 0) is 98.7 Å². The van der Waals surface area contributed by atoms with Gasteiger partial charge in [0.15, 0.2) is 5.69 Å². The van der Waals surface area contributed by atoms with Crippen LogP contribution in [0.15, 0.2) is 36.4 Å². The molecule has 11 nitrogen and oxygen atoms in total. The van der Waals surface area contributed by atoms with E-state index in [1.165, 1.54) is 25.6 Å². The van der Waals surface area contributed by atoms with Crippen LogP contribution in [0.1, 0.15) is 108 Å². The summed E-state index contributed by atoms with van der Waals surface area (Å²) < 4.78 is 81.3. The number of aryl methyl sites for hydroxylation is 1. The third kappa shape index (κ3) is 6.40. The Bertz CT molecular complexity index is 2390. The highest BCUT2D eigenvalue weighted by Gasteiger charge is 2.49. The summed E-state index contributed by atoms with van der Waals surface area (Å²) in [6.45, 7) is 6.81. The van der Waals surface area contributed by atoms with E-state index in [9.17, 15) is 31.2 Å². The number of nitrogens with zero attached hydrogens (tertiary/aromatic N) is 5. The third-order valence-electron chi connectivity index (χ3n) is 12.3. The number of sulfonamides is 1. The Balaban J connectivity index is 1.35. The predicted molar refractivity (Wildman–Crippen MR) is 208 cm³/mol. The molecule has 2 amide bonds. The lowest BCUT2D eigenvalue weighted by Crippen LogP contribution is -2.49. The Labute approximate surface area is 324 Å². The summed E-state index contributed by atoms with van der Waals surface area (Å²) >= 11 is 0. The predicted octanol–water partition coefficient (Wildman–Crippen LogP) is 7.06. The van der Waals surface area contributed by atoms with Gasteiger partial charge in [0.05, 0.1) is 35.9 Å². The van der Waals surface area contributed by atoms with E-state index >= 15 is 0 Å². The van der Waals surface area contributed by atoms with Crippen molar-refractivity contribution in [1.82, 2.24) is 28.9 Å². The van der Waals surface area contributed by atoms with Crippen LogP contribution in [-0.2, 0) is 29.8 Å². The Kier molecular flexibility index (Phi) is 9.62. The van der Waals surface area contributed by atoms with Crippen LogP contribution in [-0.4, -0.2) is 88.5 Å². The quantitative estimate of drug-likeness (QED) is 0.203. The Morgan fingerprint density at radius 3 is 2.41 bits per heavy atom. The fourth-order valence-corrected chi connectivity index (χ4v) is 10.1. The fraction of sp³-hybridized carbons (Fsp3) is 0.488. The third-order valence-corrected chi connectivity index (χ3v) is 14.0. The number of fused-ring (bicyclic) bond motifs is 7. The molecule has 1 unspecified atom stereocenters. The van der Waals surface area contributed by atoms with Crippen LogP contribution in [0, 0.1) is 0 Å². The largest absolute Gasteiger partial charge is 0.497 e. The first-order valence-corrected chi connectivity index (χ1v) is 21.0. The fourth-order valence-electron chi connectivity index (χ4n) is 9.45. The van der Waals surface area contributed by atoms with Gasteiger partial charge < -0.3 is 14.2 Å². The minimum atomic E-state index is -4.90. The molecule has 2 aromatic carbocycles. The van der Waals surface area contributed by atoms with E-state index < -0.39 is 44.5 Å². The lowest BCUT2D eigenvalue weighted by Gasteiger charge is -2.33. The van der Waals surface area contributed by atoms with Gasteiger partial charge >= 0.3 is 6.18 Å². The van der Waals surface area contributed by atoms with Crippen LogP contribution < -0.4 is 9.46 Å². The molecule has 2 aromatic heterocycles. The molecule has 4 aromatic rings. The van der Waals surface area contributed by atoms with Crippen molar-refractivity contribution in [2.75, 3.05) is 26.7 Å². The van der Waals surface area contributed by atoms with E-state index in [-0.39, 0.29) is 35.8 Å². The molecule has 1 N–H and O–H groups in total. The van der Waals surface area contributed by atoms with Gasteiger partial charge in [-0.25, -0.2) is 13.1 Å². The second kappa shape index (κ2) is 14.1. The normalized spacial score (nSPS) is 20.3. The number of methoxy groups -OCH3 is 1. The molecule has 1 saturated carbocycles. The minimum absolute atomic E-state index is 0.0394. The van der Waals surface area contributed by atoms with Crippen molar-refractivity contribution in [3.05, 3.63) is 70.0 Å². The van der Waals surface area contributed by atoms with E-state index in [4.69, 9.17) is 4.74 Å². The lowest BCUT2D eigenvalue weighted by molar-refractivity contribution is -0.141. The number of ether oxygens (including phenoxy) is 1. The van der Waals surface area contributed by atoms with Crippen molar-refractivity contribution >= 4 is 44.4 Å². The van der Waals surface area contributed by atoms with Crippen molar-refractivity contribution in [2.24, 2.45) is 7.05 Å². The summed E-state index contributed by atoms with van der Waals surface area (Å²) in [7, 11) is -0.945. The zero-order valence-corrected chi connectivity index (χ0v) is 33.1. The van der Waals surface area contributed by atoms with Crippen LogP contribution in [0.25, 0.3) is 33.8 Å². The standard InChI is InChI=1S/C41H47F3N6O5S/c1-6-48-21-29-19-28(48)22-49(29)40(52)35-36(47(4)45-38(35)41(42,43)44)27-16-26-17-30(55-5)13-15-31(26)37-34(24-10-8-7-9-11-24)32-14-12-25(18-33(32)50(37)20-27)39(51)46-56(53,54)23(2)3/h12-18,23-24,28-29H,6-11,19-22H2,1-5H3,(H,46,51)/t28-,29?/m0/s1. The number of alkyl halides is 3. The number of halogens is 3. The smallest absolute Gasteiger partial charge is 0.435 e. The maximum Gasteiger partial charge on any atom is 0.435 e. The number of likely N-dealkylation sites (tertiary alicyclic amines) is 2. The van der Waals surface area contributed by atoms with Gasteiger partial charge in [-0.2, -0.15) is 18.3 Å². The number of piperazine rings is 1. The van der Waals surface area contributed by atoms with E-state index in [1.807, 2.05) is 41.8 Å². The molecule has 4 aliphatic rings. The van der Waals surface area contributed by atoms with Gasteiger partial charge in [0.25, 0.3) is 11.8 Å². The molecule has 1 aliphatic carbocycles. The van der Waals surface area contributed by atoms with Crippen molar-refractivity contribution < 1.29 is 35.9 Å². The van der Waals surface area contributed by atoms with Crippen molar-refractivity contribution in [3.8, 4) is 17.0 Å². The SMILES string of the molecule is CCN1CC2C[C@H]1CN2C(=O)c1c(C(F)(F)F)nn(C)c1C1=Cc2cc(OC)ccc2-c2c(C3CCCCC3)c3ccc(C(=O)NS(=O)(=O)C(C)C)cc3n2C1. The number of likely N-dealkylation sites (N-methyl/N-ethyl adjacent to an activating group) is 1. The number of allylic oxidation sites excluding steroid dienone is 1. The number of hydrogen-bond donors (Lipinski definition) is 1. The molecular weight excluding hydrogens is 746 g/mol. The van der Waals surface area contributed by atoms with Gasteiger partial charge in [-0.1, -0.05) is 32.3 Å². The molecule has 15 heteroatoms. The molecule has 5 heterocycles. The molecule has 8 rings (SSSR count). The summed E-state index contributed by atoms with van der Waals surface area (Å²) in [5.41, 5.74) is 3.02. The highest BCUT2D eigenvalue weighted by atomic mass is 32.2. The molecule has 298 valence electrons. The van der Waals surface area contributed by atoms with Crippen LogP contribution in [0.4, 0.5) is 13.2 Å². The number of nitrogens with one attached hydrogen (secondary N) is 1. The minimum Gasteiger partial charge on any atom is -0.497 e. The number of benzene rings is 2. The number of carbonyl (C=O) groups excluding carboxylic acids is 2.